The number of hydrogen-bond acceptors (Lipinski definition) is 3. The highest BCUT2D eigenvalue weighted by Gasteiger charge is 2.22. The molecule has 0 atom stereocenters. The molecule has 144 valence electrons. The first kappa shape index (κ1) is 18.0. The molecule has 0 fully saturated rings. The lowest BCUT2D eigenvalue weighted by molar-refractivity contribution is -0.130. The van der Waals surface area contributed by atoms with Gasteiger partial charge in [0, 0.05) is 5.56 Å². The van der Waals surface area contributed by atoms with Crippen LogP contribution < -0.4 is 4.74 Å². The second-order valence-corrected chi connectivity index (χ2v) is 7.01. The Morgan fingerprint density at radius 2 is 1.40 bits per heavy atom. The van der Waals surface area contributed by atoms with Crippen molar-refractivity contribution in [2.24, 2.45) is 0 Å². The molecule has 0 saturated heterocycles. The number of rotatable bonds is 4. The number of cyclic esters (lactones) is 1. The van der Waals surface area contributed by atoms with Crippen molar-refractivity contribution < 1.29 is 14.3 Å². The summed E-state index contributed by atoms with van der Waals surface area (Å²) in [6.07, 6.45) is 3.67. The van der Waals surface area contributed by atoms with E-state index >= 15 is 0 Å². The normalized spacial score (nSPS) is 14.6. The van der Waals surface area contributed by atoms with E-state index in [-0.39, 0.29) is 5.97 Å². The topological polar surface area (TPSA) is 35.5 Å². The van der Waals surface area contributed by atoms with Crippen molar-refractivity contribution in [1.29, 1.82) is 0 Å². The molecule has 0 radical (unpaired) electrons. The van der Waals surface area contributed by atoms with E-state index < -0.39 is 0 Å². The minimum Gasteiger partial charge on any atom is -0.457 e. The van der Waals surface area contributed by atoms with Gasteiger partial charge in [0.2, 0.25) is 0 Å². The summed E-state index contributed by atoms with van der Waals surface area (Å²) < 4.78 is 11.3. The Morgan fingerprint density at radius 1 is 0.700 bits per heavy atom. The summed E-state index contributed by atoms with van der Waals surface area (Å²) in [4.78, 5) is 12.4. The number of carbonyl (C=O) groups excluding carboxylic acids is 1. The van der Waals surface area contributed by atoms with Gasteiger partial charge in [0.1, 0.15) is 17.3 Å². The molecular weight excluding hydrogens is 372 g/mol. The highest BCUT2D eigenvalue weighted by Crippen LogP contribution is 2.30. The van der Waals surface area contributed by atoms with E-state index in [4.69, 9.17) is 9.47 Å². The van der Waals surface area contributed by atoms with Gasteiger partial charge in [0.25, 0.3) is 0 Å². The Hall–Kier alpha value is -4.11. The number of ether oxygens (including phenoxy) is 2. The van der Waals surface area contributed by atoms with Crippen LogP contribution in [-0.2, 0) is 9.53 Å². The van der Waals surface area contributed by atoms with E-state index in [0.717, 1.165) is 33.4 Å². The number of para-hydroxylation sites is 1. The summed E-state index contributed by atoms with van der Waals surface area (Å²) in [6.45, 7) is 0. The van der Waals surface area contributed by atoms with Crippen LogP contribution in [0.5, 0.6) is 11.5 Å². The molecule has 0 saturated carbocycles. The summed E-state index contributed by atoms with van der Waals surface area (Å²) in [5.74, 6) is 1.69. The lowest BCUT2D eigenvalue weighted by atomic mass is 10.0. The predicted octanol–water partition coefficient (Wildman–Crippen LogP) is 6.61. The average molecular weight is 390 g/mol. The molecule has 0 amide bonds. The molecule has 4 aromatic rings. The van der Waals surface area contributed by atoms with Crippen molar-refractivity contribution in [3.05, 3.63) is 120 Å². The Balaban J connectivity index is 1.41. The van der Waals surface area contributed by atoms with Crippen LogP contribution in [0.15, 0.2) is 109 Å². The highest BCUT2D eigenvalue weighted by atomic mass is 16.5. The molecule has 3 heteroatoms. The minimum atomic E-state index is -0.345. The number of esters is 1. The van der Waals surface area contributed by atoms with Crippen LogP contribution in [0.1, 0.15) is 11.1 Å². The van der Waals surface area contributed by atoms with Gasteiger partial charge in [-0.25, -0.2) is 4.79 Å². The smallest absolute Gasteiger partial charge is 0.343 e. The van der Waals surface area contributed by atoms with Gasteiger partial charge in [0.05, 0.1) is 5.57 Å². The van der Waals surface area contributed by atoms with Gasteiger partial charge in [-0.3, -0.25) is 0 Å². The zero-order valence-corrected chi connectivity index (χ0v) is 16.1. The fourth-order valence-corrected chi connectivity index (χ4v) is 3.49. The fraction of sp³-hybridized carbons (Fsp3) is 0. The first-order chi connectivity index (χ1) is 14.8. The molecule has 0 aliphatic carbocycles. The monoisotopic (exact) mass is 390 g/mol. The van der Waals surface area contributed by atoms with Crippen LogP contribution >= 0.6 is 0 Å². The molecule has 0 spiro atoms. The Labute approximate surface area is 174 Å². The second kappa shape index (κ2) is 7.72. The van der Waals surface area contributed by atoms with Gasteiger partial charge in [-0.15, -0.1) is 0 Å². The zero-order chi connectivity index (χ0) is 20.3. The van der Waals surface area contributed by atoms with Crippen molar-refractivity contribution in [3.63, 3.8) is 0 Å². The zero-order valence-electron chi connectivity index (χ0n) is 16.1. The number of benzene rings is 4. The summed E-state index contributed by atoms with van der Waals surface area (Å²) in [7, 11) is 0. The van der Waals surface area contributed by atoms with E-state index in [9.17, 15) is 4.79 Å². The van der Waals surface area contributed by atoms with Crippen molar-refractivity contribution in [3.8, 4) is 11.5 Å². The Kier molecular flexibility index (Phi) is 4.62. The van der Waals surface area contributed by atoms with Crippen molar-refractivity contribution in [2.75, 3.05) is 0 Å². The first-order valence-corrected chi connectivity index (χ1v) is 9.73. The second-order valence-electron chi connectivity index (χ2n) is 7.01. The first-order valence-electron chi connectivity index (χ1n) is 9.73. The van der Waals surface area contributed by atoms with E-state index in [1.807, 2.05) is 84.9 Å². The van der Waals surface area contributed by atoms with E-state index in [1.54, 1.807) is 6.08 Å². The van der Waals surface area contributed by atoms with Gasteiger partial charge >= 0.3 is 5.97 Å². The van der Waals surface area contributed by atoms with Crippen molar-refractivity contribution >= 4 is 28.6 Å². The lowest BCUT2D eigenvalue weighted by Gasteiger charge is -2.06. The maximum atomic E-state index is 12.4. The molecule has 1 heterocycles. The van der Waals surface area contributed by atoms with Gasteiger partial charge in [-0.1, -0.05) is 60.7 Å². The van der Waals surface area contributed by atoms with Gasteiger partial charge in [-0.2, -0.15) is 0 Å². The maximum Gasteiger partial charge on any atom is 0.343 e. The molecule has 1 aliphatic rings. The molecule has 0 bridgehead atoms. The largest absolute Gasteiger partial charge is 0.457 e. The minimum absolute atomic E-state index is 0.345. The molecule has 0 N–H and O–H groups in total. The standard InChI is InChI=1S/C27H18O3/c28-27-22(17-21-9-6-8-19-7-4-5-12-25(19)21)18-26(30-27)20-13-15-24(16-14-20)29-23-10-2-1-3-11-23/h1-18H/b22-17+. The van der Waals surface area contributed by atoms with Crippen LogP contribution in [0.25, 0.3) is 22.6 Å². The van der Waals surface area contributed by atoms with Gasteiger partial charge in [0.15, 0.2) is 0 Å². The molecule has 30 heavy (non-hydrogen) atoms. The van der Waals surface area contributed by atoms with Crippen LogP contribution in [0, 0.1) is 0 Å². The lowest BCUT2D eigenvalue weighted by Crippen LogP contribution is -1.97. The van der Waals surface area contributed by atoms with E-state index in [2.05, 4.69) is 18.2 Å². The van der Waals surface area contributed by atoms with Crippen LogP contribution in [0.2, 0.25) is 0 Å². The molecule has 4 aromatic carbocycles. The SMILES string of the molecule is O=C1OC(c2ccc(Oc3ccccc3)cc2)=C/C1=C\c1cccc2ccccc12. The molecule has 0 aromatic heterocycles. The number of carbonyl (C=O) groups is 1. The third-order valence-electron chi connectivity index (χ3n) is 4.98. The number of fused-ring (bicyclic) bond motifs is 1. The van der Waals surface area contributed by atoms with Crippen molar-refractivity contribution in [1.82, 2.24) is 0 Å². The Morgan fingerprint density at radius 3 is 2.23 bits per heavy atom. The van der Waals surface area contributed by atoms with E-state index in [0.29, 0.717) is 11.3 Å². The summed E-state index contributed by atoms with van der Waals surface area (Å²) in [5.41, 5.74) is 2.35. The summed E-state index contributed by atoms with van der Waals surface area (Å²) in [6, 6.07) is 31.3. The van der Waals surface area contributed by atoms with Crippen LogP contribution in [0.3, 0.4) is 0 Å². The predicted molar refractivity (Wildman–Crippen MR) is 119 cm³/mol. The van der Waals surface area contributed by atoms with Crippen LogP contribution in [-0.4, -0.2) is 5.97 Å². The van der Waals surface area contributed by atoms with Gasteiger partial charge < -0.3 is 9.47 Å². The van der Waals surface area contributed by atoms with Crippen molar-refractivity contribution in [2.45, 2.75) is 0 Å². The highest BCUT2D eigenvalue weighted by molar-refractivity contribution is 6.06. The van der Waals surface area contributed by atoms with E-state index in [1.165, 1.54) is 0 Å². The average Bonchev–Trinajstić information content (AvgIpc) is 3.15. The fourth-order valence-electron chi connectivity index (χ4n) is 3.49. The molecule has 5 rings (SSSR count). The third-order valence-corrected chi connectivity index (χ3v) is 4.98. The quantitative estimate of drug-likeness (QED) is 0.290. The number of hydrogen-bond donors (Lipinski definition) is 0. The summed E-state index contributed by atoms with van der Waals surface area (Å²) in [5, 5.41) is 2.24. The Bertz CT molecular complexity index is 1280. The van der Waals surface area contributed by atoms with Crippen LogP contribution in [0.4, 0.5) is 0 Å². The molecule has 1 aliphatic heterocycles. The summed E-state index contributed by atoms with van der Waals surface area (Å²) >= 11 is 0. The molecule has 3 nitrogen and oxygen atoms in total. The molecular formula is C27H18O3. The third kappa shape index (κ3) is 3.61. The van der Waals surface area contributed by atoms with Gasteiger partial charge in [-0.05, 0) is 64.9 Å². The molecule has 0 unspecified atom stereocenters. The maximum absolute atomic E-state index is 12.4.